The summed E-state index contributed by atoms with van der Waals surface area (Å²) in [7, 11) is 0. The first-order valence-electron chi connectivity index (χ1n) is 12.2. The second kappa shape index (κ2) is 9.93. The van der Waals surface area contributed by atoms with E-state index in [2.05, 4.69) is 25.4 Å². The topological polar surface area (TPSA) is 89.7 Å². The van der Waals surface area contributed by atoms with E-state index >= 15 is 0 Å². The number of hydrogen-bond acceptors (Lipinski definition) is 5. The van der Waals surface area contributed by atoms with Crippen molar-refractivity contribution >= 4 is 29.2 Å². The van der Waals surface area contributed by atoms with Gasteiger partial charge in [0.25, 0.3) is 11.8 Å². The lowest BCUT2D eigenvalue weighted by atomic mass is 10.0. The van der Waals surface area contributed by atoms with Gasteiger partial charge >= 0.3 is 0 Å². The number of aromatic nitrogens is 1. The van der Waals surface area contributed by atoms with Crippen LogP contribution in [0.1, 0.15) is 39.3 Å². The minimum atomic E-state index is -0.402. The molecule has 0 bridgehead atoms. The van der Waals surface area contributed by atoms with Crippen molar-refractivity contribution < 1.29 is 18.7 Å². The molecule has 0 aliphatic carbocycles. The van der Waals surface area contributed by atoms with Gasteiger partial charge in [-0.15, -0.1) is 0 Å². The predicted octanol–water partition coefficient (Wildman–Crippen LogP) is 2.40. The molecule has 1 atom stereocenters. The molecule has 5 rings (SSSR count). The summed E-state index contributed by atoms with van der Waals surface area (Å²) in [5.41, 5.74) is 4.27. The van der Waals surface area contributed by atoms with E-state index in [1.54, 1.807) is 12.1 Å². The van der Waals surface area contributed by atoms with Gasteiger partial charge < -0.3 is 20.4 Å². The summed E-state index contributed by atoms with van der Waals surface area (Å²) in [4.78, 5) is 33.8. The number of anilines is 1. The molecule has 0 unspecified atom stereocenters. The van der Waals surface area contributed by atoms with E-state index in [0.29, 0.717) is 28.1 Å². The number of nitrogens with one attached hydrogen (secondary N) is 3. The number of H-pyrrole nitrogens is 1. The number of likely N-dealkylation sites (tertiary alicyclic amines) is 1. The largest absolute Gasteiger partial charge is 0.379 e. The van der Waals surface area contributed by atoms with E-state index in [9.17, 15) is 14.0 Å². The Balaban J connectivity index is 1.24. The quantitative estimate of drug-likeness (QED) is 0.552. The summed E-state index contributed by atoms with van der Waals surface area (Å²) < 4.78 is 19.2. The van der Waals surface area contributed by atoms with Gasteiger partial charge in [0.05, 0.1) is 24.4 Å². The lowest BCUT2D eigenvalue weighted by Crippen LogP contribution is -2.42. The number of ether oxygens (including phenoxy) is 1. The molecular weight excluding hydrogens is 449 g/mol. The maximum absolute atomic E-state index is 13.8. The Morgan fingerprint density at radius 2 is 1.97 bits per heavy atom. The number of hydrogen-bond donors (Lipinski definition) is 3. The summed E-state index contributed by atoms with van der Waals surface area (Å²) in [6.07, 6.45) is 2.62. The molecule has 1 aromatic carbocycles. The summed E-state index contributed by atoms with van der Waals surface area (Å²) in [5.74, 6) is -0.796. The van der Waals surface area contributed by atoms with Gasteiger partial charge in [0.1, 0.15) is 5.82 Å². The molecule has 8 nitrogen and oxygen atoms in total. The molecule has 0 spiro atoms. The van der Waals surface area contributed by atoms with E-state index in [1.807, 2.05) is 13.8 Å². The molecule has 0 radical (unpaired) electrons. The zero-order chi connectivity index (χ0) is 24.5. The molecule has 2 aromatic rings. The van der Waals surface area contributed by atoms with Gasteiger partial charge in [0, 0.05) is 67.9 Å². The monoisotopic (exact) mass is 481 g/mol. The molecule has 2 fully saturated rings. The van der Waals surface area contributed by atoms with Crippen molar-refractivity contribution in [2.24, 2.45) is 0 Å². The summed E-state index contributed by atoms with van der Waals surface area (Å²) >= 11 is 0. The van der Waals surface area contributed by atoms with Crippen LogP contribution in [0.5, 0.6) is 0 Å². The van der Waals surface area contributed by atoms with Crippen LogP contribution >= 0.6 is 0 Å². The zero-order valence-electron chi connectivity index (χ0n) is 20.2. The number of amides is 2. The Bertz CT molecular complexity index is 1170. The number of halogens is 1. The van der Waals surface area contributed by atoms with Gasteiger partial charge in [-0.2, -0.15) is 0 Å². The Kier molecular flexibility index (Phi) is 6.73. The Hall–Kier alpha value is -3.01. The van der Waals surface area contributed by atoms with Gasteiger partial charge in [-0.1, -0.05) is 0 Å². The van der Waals surface area contributed by atoms with Crippen LogP contribution in [-0.4, -0.2) is 85.1 Å². The van der Waals surface area contributed by atoms with Crippen LogP contribution in [0.2, 0.25) is 0 Å². The normalized spacial score (nSPS) is 22.0. The standard InChI is InChI=1S/C26H32FN5O3/c1-16-23(14-21-20-13-18(27)3-4-22(20)30-25(21)33)28-17(2)24(16)26(34)29-19-5-6-32(15-19)8-7-31-9-11-35-12-10-31/h3-4,13-14,19,28H,5-12,15H2,1-2H3,(H,29,34)(H,30,33)/t19-/m1/s1. The maximum Gasteiger partial charge on any atom is 0.256 e. The fourth-order valence-electron chi connectivity index (χ4n) is 5.23. The van der Waals surface area contributed by atoms with E-state index in [-0.39, 0.29) is 17.9 Å². The van der Waals surface area contributed by atoms with Crippen LogP contribution < -0.4 is 10.6 Å². The van der Waals surface area contributed by atoms with E-state index < -0.39 is 5.82 Å². The first kappa shape index (κ1) is 23.7. The second-order valence-corrected chi connectivity index (χ2v) is 9.58. The highest BCUT2D eigenvalue weighted by Crippen LogP contribution is 2.34. The number of carbonyl (C=O) groups is 2. The molecule has 186 valence electrons. The smallest absolute Gasteiger partial charge is 0.256 e. The number of aryl methyl sites for hydroxylation is 1. The summed E-state index contributed by atoms with van der Waals surface area (Å²) in [6, 6.07) is 4.34. The third kappa shape index (κ3) is 5.03. The summed E-state index contributed by atoms with van der Waals surface area (Å²) in [5, 5.41) is 5.96. The number of nitrogens with zero attached hydrogens (tertiary/aromatic N) is 2. The first-order valence-corrected chi connectivity index (χ1v) is 12.2. The molecule has 2 amide bonds. The predicted molar refractivity (Wildman–Crippen MR) is 133 cm³/mol. The molecule has 3 aliphatic heterocycles. The van der Waals surface area contributed by atoms with Crippen molar-refractivity contribution in [1.82, 2.24) is 20.1 Å². The van der Waals surface area contributed by atoms with Crippen LogP contribution in [0.3, 0.4) is 0 Å². The molecular formula is C26H32FN5O3. The number of fused-ring (bicyclic) bond motifs is 1. The molecule has 3 N–H and O–H groups in total. The highest BCUT2D eigenvalue weighted by atomic mass is 19.1. The van der Waals surface area contributed by atoms with Gasteiger partial charge in [-0.25, -0.2) is 4.39 Å². The second-order valence-electron chi connectivity index (χ2n) is 9.58. The average Bonchev–Trinajstić information content (AvgIpc) is 3.49. The number of benzene rings is 1. The minimum Gasteiger partial charge on any atom is -0.379 e. The van der Waals surface area contributed by atoms with Crippen LogP contribution in [-0.2, 0) is 9.53 Å². The lowest BCUT2D eigenvalue weighted by Gasteiger charge is -2.28. The van der Waals surface area contributed by atoms with Crippen molar-refractivity contribution in [3.63, 3.8) is 0 Å². The van der Waals surface area contributed by atoms with Gasteiger partial charge in [-0.05, 0) is 50.1 Å². The molecule has 9 heteroatoms. The molecule has 1 aromatic heterocycles. The van der Waals surface area contributed by atoms with Crippen LogP contribution in [0.4, 0.5) is 10.1 Å². The third-order valence-electron chi connectivity index (χ3n) is 7.20. The van der Waals surface area contributed by atoms with Crippen LogP contribution in [0.15, 0.2) is 18.2 Å². The van der Waals surface area contributed by atoms with Gasteiger partial charge in [-0.3, -0.25) is 19.4 Å². The average molecular weight is 482 g/mol. The van der Waals surface area contributed by atoms with E-state index in [0.717, 1.165) is 70.2 Å². The minimum absolute atomic E-state index is 0.108. The van der Waals surface area contributed by atoms with E-state index in [1.165, 1.54) is 12.1 Å². The molecule has 0 saturated carbocycles. The number of morpholine rings is 1. The van der Waals surface area contributed by atoms with Gasteiger partial charge in [0.2, 0.25) is 0 Å². The molecule has 2 saturated heterocycles. The fourth-order valence-corrected chi connectivity index (χ4v) is 5.23. The molecule has 4 heterocycles. The van der Waals surface area contributed by atoms with Crippen molar-refractivity contribution in [3.8, 4) is 0 Å². The van der Waals surface area contributed by atoms with Crippen molar-refractivity contribution in [2.45, 2.75) is 26.3 Å². The first-order chi connectivity index (χ1) is 16.9. The van der Waals surface area contributed by atoms with Crippen LogP contribution in [0, 0.1) is 19.7 Å². The maximum atomic E-state index is 13.8. The highest BCUT2D eigenvalue weighted by Gasteiger charge is 2.28. The van der Waals surface area contributed by atoms with Gasteiger partial charge in [0.15, 0.2) is 0 Å². The van der Waals surface area contributed by atoms with Crippen molar-refractivity contribution in [3.05, 3.63) is 52.1 Å². The number of aromatic amines is 1. The Morgan fingerprint density at radius 1 is 1.20 bits per heavy atom. The Labute approximate surface area is 204 Å². The van der Waals surface area contributed by atoms with Crippen molar-refractivity contribution in [2.75, 3.05) is 57.8 Å². The number of carbonyl (C=O) groups excluding carboxylic acids is 2. The van der Waals surface area contributed by atoms with Crippen molar-refractivity contribution in [1.29, 1.82) is 0 Å². The highest BCUT2D eigenvalue weighted by molar-refractivity contribution is 6.34. The third-order valence-corrected chi connectivity index (χ3v) is 7.20. The molecule has 3 aliphatic rings. The summed E-state index contributed by atoms with van der Waals surface area (Å²) in [6.45, 7) is 11.2. The number of rotatable bonds is 6. The Morgan fingerprint density at radius 3 is 2.77 bits per heavy atom. The van der Waals surface area contributed by atoms with Crippen LogP contribution in [0.25, 0.3) is 11.6 Å². The van der Waals surface area contributed by atoms with E-state index in [4.69, 9.17) is 4.74 Å². The molecule has 35 heavy (non-hydrogen) atoms. The fraction of sp³-hybridized carbons (Fsp3) is 0.462. The SMILES string of the molecule is Cc1[nH]c(C=C2C(=O)Nc3ccc(F)cc32)c(C)c1C(=O)N[C@@H]1CCN(CCN2CCOCC2)C1. The lowest BCUT2D eigenvalue weighted by molar-refractivity contribution is -0.110. The zero-order valence-corrected chi connectivity index (χ0v) is 20.2.